The first kappa shape index (κ1) is 15.8. The summed E-state index contributed by atoms with van der Waals surface area (Å²) in [6.45, 7) is 4.64. The van der Waals surface area contributed by atoms with Gasteiger partial charge < -0.3 is 20.1 Å². The van der Waals surface area contributed by atoms with E-state index in [1.165, 1.54) is 0 Å². The second-order valence-electron chi connectivity index (χ2n) is 5.30. The maximum Gasteiger partial charge on any atom is 0.317 e. The minimum absolute atomic E-state index is 0.147. The van der Waals surface area contributed by atoms with Crippen molar-refractivity contribution in [3.63, 3.8) is 0 Å². The van der Waals surface area contributed by atoms with E-state index in [0.717, 1.165) is 12.8 Å². The number of amides is 2. The van der Waals surface area contributed by atoms with Crippen LogP contribution in [0, 0.1) is 5.41 Å². The largest absolute Gasteiger partial charge is 0.481 e. The van der Waals surface area contributed by atoms with Gasteiger partial charge in [-0.3, -0.25) is 4.79 Å². The predicted octanol–water partition coefficient (Wildman–Crippen LogP) is 1.31. The number of carbonyl (C=O) groups is 2. The third-order valence-corrected chi connectivity index (χ3v) is 3.71. The van der Waals surface area contributed by atoms with Crippen LogP contribution in [-0.2, 0) is 9.53 Å². The molecule has 0 saturated heterocycles. The normalized spacial score (nSPS) is 17.6. The standard InChI is InChI=1S/C13H24N2O4/c1-4-13(2,11(16)17)9-14-12(18)15(7-8-19-3)10-5-6-10/h10H,4-9H2,1-3H3,(H,14,18)(H,16,17). The van der Waals surface area contributed by atoms with Gasteiger partial charge in [0.2, 0.25) is 0 Å². The monoisotopic (exact) mass is 272 g/mol. The van der Waals surface area contributed by atoms with Gasteiger partial charge in [-0.1, -0.05) is 6.92 Å². The Bertz CT molecular complexity index is 331. The van der Waals surface area contributed by atoms with Crippen molar-refractivity contribution in [2.24, 2.45) is 5.41 Å². The van der Waals surface area contributed by atoms with E-state index in [4.69, 9.17) is 9.84 Å². The van der Waals surface area contributed by atoms with Crippen LogP contribution in [0.2, 0.25) is 0 Å². The van der Waals surface area contributed by atoms with Gasteiger partial charge >= 0.3 is 12.0 Å². The van der Waals surface area contributed by atoms with Gasteiger partial charge in [0.25, 0.3) is 0 Å². The molecule has 110 valence electrons. The number of methoxy groups -OCH3 is 1. The molecule has 1 saturated carbocycles. The molecule has 6 nitrogen and oxygen atoms in total. The average molecular weight is 272 g/mol. The van der Waals surface area contributed by atoms with Crippen LogP contribution >= 0.6 is 0 Å². The molecule has 0 aliphatic heterocycles. The number of aliphatic carboxylic acids is 1. The van der Waals surface area contributed by atoms with E-state index in [1.54, 1.807) is 18.9 Å². The summed E-state index contributed by atoms with van der Waals surface area (Å²) in [5.41, 5.74) is -0.911. The lowest BCUT2D eigenvalue weighted by Crippen LogP contribution is -2.48. The minimum atomic E-state index is -0.911. The highest BCUT2D eigenvalue weighted by atomic mass is 16.5. The Balaban J connectivity index is 2.49. The second-order valence-corrected chi connectivity index (χ2v) is 5.30. The summed E-state index contributed by atoms with van der Waals surface area (Å²) in [6.07, 6.45) is 2.51. The highest BCUT2D eigenvalue weighted by molar-refractivity contribution is 5.78. The van der Waals surface area contributed by atoms with E-state index in [9.17, 15) is 9.59 Å². The first-order valence-corrected chi connectivity index (χ1v) is 6.71. The Morgan fingerprint density at radius 1 is 1.47 bits per heavy atom. The summed E-state index contributed by atoms with van der Waals surface area (Å²) >= 11 is 0. The lowest BCUT2D eigenvalue weighted by Gasteiger charge is -2.27. The molecule has 1 rings (SSSR count). The van der Waals surface area contributed by atoms with Gasteiger partial charge in [0.1, 0.15) is 0 Å². The zero-order valence-corrected chi connectivity index (χ0v) is 11.9. The highest BCUT2D eigenvalue weighted by Crippen LogP contribution is 2.27. The van der Waals surface area contributed by atoms with Gasteiger partial charge in [-0.05, 0) is 26.2 Å². The highest BCUT2D eigenvalue weighted by Gasteiger charge is 2.35. The van der Waals surface area contributed by atoms with Crippen molar-refractivity contribution in [3.05, 3.63) is 0 Å². The lowest BCUT2D eigenvalue weighted by molar-refractivity contribution is -0.147. The molecule has 0 radical (unpaired) electrons. The molecule has 19 heavy (non-hydrogen) atoms. The number of hydrogen-bond acceptors (Lipinski definition) is 3. The van der Waals surface area contributed by atoms with E-state index in [-0.39, 0.29) is 18.6 Å². The summed E-state index contributed by atoms with van der Waals surface area (Å²) in [5, 5.41) is 11.9. The number of urea groups is 1. The van der Waals surface area contributed by atoms with Crippen LogP contribution < -0.4 is 5.32 Å². The third-order valence-electron chi connectivity index (χ3n) is 3.71. The number of carbonyl (C=O) groups excluding carboxylic acids is 1. The molecule has 0 aromatic heterocycles. The molecule has 2 N–H and O–H groups in total. The first-order chi connectivity index (χ1) is 8.94. The molecule has 0 spiro atoms. The molecule has 1 atom stereocenters. The van der Waals surface area contributed by atoms with Gasteiger partial charge in [-0.15, -0.1) is 0 Å². The van der Waals surface area contributed by atoms with E-state index in [2.05, 4.69) is 5.32 Å². The molecule has 1 fully saturated rings. The first-order valence-electron chi connectivity index (χ1n) is 6.71. The van der Waals surface area contributed by atoms with Crippen molar-refractivity contribution >= 4 is 12.0 Å². The van der Waals surface area contributed by atoms with Crippen molar-refractivity contribution < 1.29 is 19.4 Å². The van der Waals surface area contributed by atoms with Crippen LogP contribution in [-0.4, -0.2) is 54.9 Å². The smallest absolute Gasteiger partial charge is 0.317 e. The van der Waals surface area contributed by atoms with Crippen LogP contribution in [0.4, 0.5) is 4.79 Å². The zero-order valence-electron chi connectivity index (χ0n) is 11.9. The zero-order chi connectivity index (χ0) is 14.5. The van der Waals surface area contributed by atoms with Crippen molar-refractivity contribution in [1.29, 1.82) is 0 Å². The van der Waals surface area contributed by atoms with Gasteiger partial charge in [0, 0.05) is 26.2 Å². The average Bonchev–Trinajstić information content (AvgIpc) is 3.20. The molecule has 0 aromatic carbocycles. The Morgan fingerprint density at radius 2 is 2.11 bits per heavy atom. The molecule has 2 amide bonds. The Labute approximate surface area is 114 Å². The molecular weight excluding hydrogens is 248 g/mol. The Morgan fingerprint density at radius 3 is 2.53 bits per heavy atom. The lowest BCUT2D eigenvalue weighted by atomic mass is 9.88. The number of hydrogen-bond donors (Lipinski definition) is 2. The summed E-state index contributed by atoms with van der Waals surface area (Å²) in [6, 6.07) is 0.0911. The van der Waals surface area contributed by atoms with Crippen molar-refractivity contribution in [2.75, 3.05) is 26.8 Å². The van der Waals surface area contributed by atoms with E-state index in [0.29, 0.717) is 19.6 Å². The number of carboxylic acids is 1. The SMILES string of the molecule is CCC(C)(CNC(=O)N(CCOC)C1CC1)C(=O)O. The number of nitrogens with zero attached hydrogens (tertiary/aromatic N) is 1. The van der Waals surface area contributed by atoms with Crippen molar-refractivity contribution in [2.45, 2.75) is 39.2 Å². The minimum Gasteiger partial charge on any atom is -0.481 e. The van der Waals surface area contributed by atoms with Gasteiger partial charge in [0.15, 0.2) is 0 Å². The number of ether oxygens (including phenoxy) is 1. The van der Waals surface area contributed by atoms with Crippen LogP contribution in [0.1, 0.15) is 33.1 Å². The summed E-state index contributed by atoms with van der Waals surface area (Å²) in [5.74, 6) is -0.884. The number of carboxylic acid groups (broad SMARTS) is 1. The molecule has 0 heterocycles. The number of nitrogens with one attached hydrogen (secondary N) is 1. The second kappa shape index (κ2) is 6.75. The van der Waals surface area contributed by atoms with E-state index >= 15 is 0 Å². The maximum absolute atomic E-state index is 12.1. The molecule has 1 unspecified atom stereocenters. The van der Waals surface area contributed by atoms with Crippen LogP contribution in [0.3, 0.4) is 0 Å². The Kier molecular flexibility index (Phi) is 5.60. The van der Waals surface area contributed by atoms with Gasteiger partial charge in [-0.2, -0.15) is 0 Å². The topological polar surface area (TPSA) is 78.9 Å². The van der Waals surface area contributed by atoms with Gasteiger partial charge in [0.05, 0.1) is 12.0 Å². The summed E-state index contributed by atoms with van der Waals surface area (Å²) < 4.78 is 4.99. The summed E-state index contributed by atoms with van der Waals surface area (Å²) in [4.78, 5) is 25.0. The Hall–Kier alpha value is -1.30. The quantitative estimate of drug-likeness (QED) is 0.698. The number of rotatable bonds is 8. The molecular formula is C13H24N2O4. The van der Waals surface area contributed by atoms with Crippen molar-refractivity contribution in [3.8, 4) is 0 Å². The fourth-order valence-corrected chi connectivity index (χ4v) is 1.75. The molecule has 1 aliphatic carbocycles. The van der Waals surface area contributed by atoms with Gasteiger partial charge in [-0.25, -0.2) is 4.79 Å². The fourth-order valence-electron chi connectivity index (χ4n) is 1.75. The summed E-state index contributed by atoms with van der Waals surface area (Å²) in [7, 11) is 1.60. The van der Waals surface area contributed by atoms with Crippen molar-refractivity contribution in [1.82, 2.24) is 10.2 Å². The van der Waals surface area contributed by atoms with Crippen LogP contribution in [0.25, 0.3) is 0 Å². The van der Waals surface area contributed by atoms with E-state index in [1.807, 2.05) is 6.92 Å². The molecule has 0 bridgehead atoms. The third kappa shape index (κ3) is 4.38. The predicted molar refractivity (Wildman–Crippen MR) is 71.0 cm³/mol. The maximum atomic E-state index is 12.1. The van der Waals surface area contributed by atoms with E-state index < -0.39 is 11.4 Å². The fraction of sp³-hybridized carbons (Fsp3) is 0.846. The van der Waals surface area contributed by atoms with Crippen LogP contribution in [0.15, 0.2) is 0 Å². The molecule has 1 aliphatic rings. The molecule has 6 heteroatoms. The van der Waals surface area contributed by atoms with Crippen LogP contribution in [0.5, 0.6) is 0 Å². The molecule has 0 aromatic rings.